The van der Waals surface area contributed by atoms with Crippen molar-refractivity contribution in [2.75, 3.05) is 5.32 Å². The lowest BCUT2D eigenvalue weighted by molar-refractivity contribution is 0.101. The molecule has 1 N–H and O–H groups in total. The molecule has 24 heavy (non-hydrogen) atoms. The van der Waals surface area contributed by atoms with Gasteiger partial charge in [-0.15, -0.1) is 0 Å². The van der Waals surface area contributed by atoms with Gasteiger partial charge < -0.3 is 5.32 Å². The number of carbonyl (C=O) groups excluding carboxylic acids is 1. The molecular formula is C20H21BrN2O. The fourth-order valence-corrected chi connectivity index (χ4v) is 3.23. The number of halogens is 1. The third-order valence-electron chi connectivity index (χ3n) is 4.33. The molecule has 1 aromatic heterocycles. The zero-order chi connectivity index (χ0) is 17.3. The summed E-state index contributed by atoms with van der Waals surface area (Å²) < 4.78 is 1.03. The van der Waals surface area contributed by atoms with Crippen LogP contribution < -0.4 is 5.32 Å². The highest BCUT2D eigenvalue weighted by Crippen LogP contribution is 2.40. The van der Waals surface area contributed by atoms with Crippen LogP contribution in [0, 0.1) is 6.92 Å². The van der Waals surface area contributed by atoms with Crippen molar-refractivity contribution in [3.8, 4) is 0 Å². The number of carbonyl (C=O) groups is 1. The van der Waals surface area contributed by atoms with E-state index in [1.54, 1.807) is 6.92 Å². The summed E-state index contributed by atoms with van der Waals surface area (Å²) in [6, 6.07) is 6.08. The molecule has 3 nitrogen and oxygen atoms in total. The standard InChI is InChI=1S/C20H21BrN2O/c1-4-5-15-8-17(10-19(21)12(15)2)23-20-18(13(3)24)9-16(11-22-20)14-6-7-14/h4-5,8-11,14H,6-7H2,1-3H3,(H,22,23)/b5-4-. The molecule has 1 aromatic carbocycles. The Kier molecular flexibility index (Phi) is 4.86. The summed E-state index contributed by atoms with van der Waals surface area (Å²) in [7, 11) is 0. The van der Waals surface area contributed by atoms with E-state index in [1.165, 1.54) is 24.0 Å². The first-order valence-electron chi connectivity index (χ1n) is 8.20. The van der Waals surface area contributed by atoms with E-state index in [0.717, 1.165) is 15.7 Å². The molecule has 2 aromatic rings. The molecule has 1 heterocycles. The number of anilines is 2. The summed E-state index contributed by atoms with van der Waals surface area (Å²) in [5.41, 5.74) is 5.06. The Balaban J connectivity index is 1.97. The van der Waals surface area contributed by atoms with Gasteiger partial charge in [-0.25, -0.2) is 4.98 Å². The molecule has 0 spiro atoms. The fourth-order valence-electron chi connectivity index (χ4n) is 2.75. The van der Waals surface area contributed by atoms with Gasteiger partial charge in [0, 0.05) is 16.4 Å². The molecule has 4 heteroatoms. The Labute approximate surface area is 151 Å². The Morgan fingerprint density at radius 1 is 1.33 bits per heavy atom. The molecule has 0 aliphatic heterocycles. The van der Waals surface area contributed by atoms with Crippen LogP contribution in [0.5, 0.6) is 0 Å². The Bertz CT molecular complexity index is 823. The van der Waals surface area contributed by atoms with Crippen LogP contribution in [0.3, 0.4) is 0 Å². The van der Waals surface area contributed by atoms with E-state index in [2.05, 4.69) is 45.3 Å². The van der Waals surface area contributed by atoms with Gasteiger partial charge in [-0.1, -0.05) is 28.1 Å². The third-order valence-corrected chi connectivity index (χ3v) is 5.15. The average molecular weight is 385 g/mol. The average Bonchev–Trinajstić information content (AvgIpc) is 3.37. The first kappa shape index (κ1) is 16.9. The number of aromatic nitrogens is 1. The smallest absolute Gasteiger partial charge is 0.163 e. The molecular weight excluding hydrogens is 364 g/mol. The van der Waals surface area contributed by atoms with Crippen LogP contribution in [-0.4, -0.2) is 10.8 Å². The van der Waals surface area contributed by atoms with Gasteiger partial charge in [-0.2, -0.15) is 0 Å². The largest absolute Gasteiger partial charge is 0.340 e. The Morgan fingerprint density at radius 2 is 2.08 bits per heavy atom. The SMILES string of the molecule is C/C=C\c1cc(Nc2ncc(C3CC3)cc2C(C)=O)cc(Br)c1C. The molecule has 1 aliphatic carbocycles. The van der Waals surface area contributed by atoms with Crippen molar-refractivity contribution in [3.05, 3.63) is 57.2 Å². The maximum Gasteiger partial charge on any atom is 0.163 e. The fraction of sp³-hybridized carbons (Fsp3) is 0.300. The van der Waals surface area contributed by atoms with E-state index in [4.69, 9.17) is 0 Å². The van der Waals surface area contributed by atoms with Gasteiger partial charge in [0.1, 0.15) is 5.82 Å². The molecule has 0 bridgehead atoms. The highest BCUT2D eigenvalue weighted by atomic mass is 79.9. The van der Waals surface area contributed by atoms with Crippen LogP contribution in [0.1, 0.15) is 59.7 Å². The Morgan fingerprint density at radius 3 is 2.71 bits per heavy atom. The normalized spacial score (nSPS) is 14.2. The van der Waals surface area contributed by atoms with Crippen molar-refractivity contribution in [3.63, 3.8) is 0 Å². The summed E-state index contributed by atoms with van der Waals surface area (Å²) in [5, 5.41) is 3.31. The van der Waals surface area contributed by atoms with Gasteiger partial charge in [0.15, 0.2) is 5.78 Å². The van der Waals surface area contributed by atoms with Gasteiger partial charge in [0.2, 0.25) is 0 Å². The van der Waals surface area contributed by atoms with Gasteiger partial charge in [-0.05, 0) is 74.4 Å². The second-order valence-corrected chi connectivity index (χ2v) is 7.15. The minimum absolute atomic E-state index is 0.0346. The van der Waals surface area contributed by atoms with Crippen LogP contribution in [-0.2, 0) is 0 Å². The van der Waals surface area contributed by atoms with Gasteiger partial charge in [0.25, 0.3) is 0 Å². The number of hydrogen-bond acceptors (Lipinski definition) is 3. The molecule has 0 atom stereocenters. The number of benzene rings is 1. The molecule has 0 unspecified atom stereocenters. The summed E-state index contributed by atoms with van der Waals surface area (Å²) in [6.45, 7) is 5.67. The van der Waals surface area contributed by atoms with Crippen molar-refractivity contribution in [1.82, 2.24) is 4.98 Å². The Hall–Kier alpha value is -1.94. The lowest BCUT2D eigenvalue weighted by Gasteiger charge is -2.13. The first-order valence-corrected chi connectivity index (χ1v) is 8.99. The maximum absolute atomic E-state index is 12.0. The lowest BCUT2D eigenvalue weighted by Crippen LogP contribution is -2.04. The van der Waals surface area contributed by atoms with Crippen molar-refractivity contribution in [2.24, 2.45) is 0 Å². The molecule has 0 saturated heterocycles. The van der Waals surface area contributed by atoms with Crippen molar-refractivity contribution < 1.29 is 4.79 Å². The molecule has 1 aliphatic rings. The van der Waals surface area contributed by atoms with Crippen LogP contribution >= 0.6 is 15.9 Å². The second-order valence-electron chi connectivity index (χ2n) is 6.29. The predicted molar refractivity (Wildman–Crippen MR) is 103 cm³/mol. The van der Waals surface area contributed by atoms with E-state index >= 15 is 0 Å². The van der Waals surface area contributed by atoms with E-state index in [-0.39, 0.29) is 5.78 Å². The van der Waals surface area contributed by atoms with Gasteiger partial charge in [0.05, 0.1) is 5.56 Å². The van der Waals surface area contributed by atoms with Gasteiger partial charge >= 0.3 is 0 Å². The molecule has 124 valence electrons. The molecule has 1 fully saturated rings. The van der Waals surface area contributed by atoms with Crippen LogP contribution in [0.2, 0.25) is 0 Å². The van der Waals surface area contributed by atoms with E-state index < -0.39 is 0 Å². The van der Waals surface area contributed by atoms with Crippen molar-refractivity contribution in [2.45, 2.75) is 39.5 Å². The lowest BCUT2D eigenvalue weighted by atomic mass is 10.1. The maximum atomic E-state index is 12.0. The minimum Gasteiger partial charge on any atom is -0.340 e. The van der Waals surface area contributed by atoms with Gasteiger partial charge in [-0.3, -0.25) is 4.79 Å². The number of allylic oxidation sites excluding steroid dienone is 1. The molecule has 0 radical (unpaired) electrons. The van der Waals surface area contributed by atoms with Crippen molar-refractivity contribution >= 4 is 39.3 Å². The second kappa shape index (κ2) is 6.89. The number of pyridine rings is 1. The van der Waals surface area contributed by atoms with Crippen molar-refractivity contribution in [1.29, 1.82) is 0 Å². The topological polar surface area (TPSA) is 42.0 Å². The van der Waals surface area contributed by atoms with Crippen LogP contribution in [0.15, 0.2) is 34.9 Å². The minimum atomic E-state index is 0.0346. The first-order chi connectivity index (χ1) is 11.5. The summed E-state index contributed by atoms with van der Waals surface area (Å²) in [4.78, 5) is 16.6. The van der Waals surface area contributed by atoms with Crippen LogP contribution in [0.25, 0.3) is 6.08 Å². The number of Topliss-reactive ketones (excluding diaryl/α,β-unsaturated/α-hetero) is 1. The van der Waals surface area contributed by atoms with E-state index in [1.807, 2.05) is 31.3 Å². The zero-order valence-corrected chi connectivity index (χ0v) is 15.8. The summed E-state index contributed by atoms with van der Waals surface area (Å²) >= 11 is 3.61. The molecule has 3 rings (SSSR count). The van der Waals surface area contributed by atoms with E-state index in [9.17, 15) is 4.79 Å². The summed E-state index contributed by atoms with van der Waals surface area (Å²) in [5.74, 6) is 1.24. The monoisotopic (exact) mass is 384 g/mol. The third kappa shape index (κ3) is 3.59. The highest BCUT2D eigenvalue weighted by Gasteiger charge is 2.25. The zero-order valence-electron chi connectivity index (χ0n) is 14.2. The molecule has 1 saturated carbocycles. The van der Waals surface area contributed by atoms with E-state index in [0.29, 0.717) is 17.3 Å². The quantitative estimate of drug-likeness (QED) is 0.641. The van der Waals surface area contributed by atoms with Crippen LogP contribution in [0.4, 0.5) is 11.5 Å². The number of rotatable bonds is 5. The number of nitrogens with one attached hydrogen (secondary N) is 1. The number of ketones is 1. The summed E-state index contributed by atoms with van der Waals surface area (Å²) in [6.07, 6.45) is 8.37. The predicted octanol–water partition coefficient (Wildman–Crippen LogP) is 6.01. The number of hydrogen-bond donors (Lipinski definition) is 1. The number of nitrogens with zero attached hydrogens (tertiary/aromatic N) is 1. The molecule has 0 amide bonds. The highest BCUT2D eigenvalue weighted by molar-refractivity contribution is 9.10.